The minimum atomic E-state index is -4.42. The number of carbonyl (C=O) groups is 1. The zero-order chi connectivity index (χ0) is 20.5. The van der Waals surface area contributed by atoms with Crippen molar-refractivity contribution in [2.75, 3.05) is 5.32 Å². The smallest absolute Gasteiger partial charge is 0.306 e. The van der Waals surface area contributed by atoms with Gasteiger partial charge >= 0.3 is 12.2 Å². The van der Waals surface area contributed by atoms with Gasteiger partial charge in [0.25, 0.3) is 0 Å². The van der Waals surface area contributed by atoms with Crippen molar-refractivity contribution >= 4 is 46.3 Å². The largest absolute Gasteiger partial charge is 0.416 e. The Balaban J connectivity index is 1.92. The number of halogens is 5. The molecule has 4 nitrogen and oxygen atoms in total. The number of benzene rings is 2. The Hall–Kier alpha value is -2.29. The van der Waals surface area contributed by atoms with Crippen LogP contribution in [0.15, 0.2) is 53.7 Å². The van der Waals surface area contributed by atoms with Crippen molar-refractivity contribution in [3.63, 3.8) is 0 Å². The second-order valence-electron chi connectivity index (χ2n) is 5.74. The van der Waals surface area contributed by atoms with E-state index in [0.717, 1.165) is 17.0 Å². The van der Waals surface area contributed by atoms with Gasteiger partial charge in [0, 0.05) is 32.5 Å². The topological polar surface area (TPSA) is 46.4 Å². The number of anilines is 1. The summed E-state index contributed by atoms with van der Waals surface area (Å²) in [5.41, 5.74) is 0.0770. The molecule has 0 atom stereocenters. The molecule has 1 N–H and O–H groups in total. The lowest BCUT2D eigenvalue weighted by atomic mass is 10.2. The third kappa shape index (κ3) is 4.95. The highest BCUT2D eigenvalue weighted by Crippen LogP contribution is 2.29. The summed E-state index contributed by atoms with van der Waals surface area (Å²) in [6.07, 6.45) is -2.73. The van der Waals surface area contributed by atoms with Crippen molar-refractivity contribution in [1.82, 2.24) is 4.57 Å². The number of alkyl halides is 3. The Morgan fingerprint density at radius 3 is 2.29 bits per heavy atom. The molecule has 0 saturated carbocycles. The Morgan fingerprint density at radius 1 is 1.11 bits per heavy atom. The third-order valence-corrected chi connectivity index (χ3v) is 4.89. The maximum absolute atomic E-state index is 12.7. The van der Waals surface area contributed by atoms with Crippen molar-refractivity contribution in [3.8, 4) is 5.69 Å². The van der Waals surface area contributed by atoms with E-state index in [-0.39, 0.29) is 0 Å². The second-order valence-corrected chi connectivity index (χ2v) is 7.83. The number of thiazole rings is 1. The first-order valence-corrected chi connectivity index (χ1v) is 9.37. The predicted octanol–water partition coefficient (Wildman–Crippen LogP) is 6.31. The number of hydrogen-bond donors (Lipinski definition) is 1. The van der Waals surface area contributed by atoms with Gasteiger partial charge in [-0.2, -0.15) is 18.2 Å². The highest BCUT2D eigenvalue weighted by atomic mass is 35.5. The number of urea groups is 1. The van der Waals surface area contributed by atoms with Crippen LogP contribution in [0.1, 0.15) is 10.4 Å². The lowest BCUT2D eigenvalue weighted by molar-refractivity contribution is -0.137. The fraction of sp³-hybridized carbons (Fsp3) is 0.111. The van der Waals surface area contributed by atoms with Gasteiger partial charge in [0.15, 0.2) is 4.80 Å². The maximum Gasteiger partial charge on any atom is 0.416 e. The van der Waals surface area contributed by atoms with Crippen LogP contribution in [0, 0.1) is 6.92 Å². The standard InChI is InChI=1S/C18H12Cl2F3N3OS/c1-10-9-26(15-4-2-11(3-5-15)18(21,22)23)17(28-10)25-16(27)24-14-7-12(19)6-13(20)8-14/h2-9H,1H3,(H,24,27)/b25-17-. The summed E-state index contributed by atoms with van der Waals surface area (Å²) in [6, 6.07) is 8.50. The van der Waals surface area contributed by atoms with E-state index in [0.29, 0.717) is 26.2 Å². The molecule has 0 saturated heterocycles. The summed E-state index contributed by atoms with van der Waals surface area (Å²) in [7, 11) is 0. The molecule has 0 radical (unpaired) electrons. The average molecular weight is 446 g/mol. The minimum Gasteiger partial charge on any atom is -0.306 e. The quantitative estimate of drug-likeness (QED) is 0.493. The third-order valence-electron chi connectivity index (χ3n) is 3.55. The Kier molecular flexibility index (Phi) is 5.83. The fourth-order valence-electron chi connectivity index (χ4n) is 2.39. The number of amides is 2. The molecule has 0 aliphatic heterocycles. The summed E-state index contributed by atoms with van der Waals surface area (Å²) in [4.78, 5) is 17.4. The van der Waals surface area contributed by atoms with Gasteiger partial charge in [-0.05, 0) is 49.4 Å². The van der Waals surface area contributed by atoms with E-state index in [1.165, 1.54) is 41.7 Å². The molecule has 0 unspecified atom stereocenters. The van der Waals surface area contributed by atoms with Gasteiger partial charge in [-0.25, -0.2) is 4.79 Å². The molecule has 0 fully saturated rings. The minimum absolute atomic E-state index is 0.308. The molecule has 3 aromatic rings. The number of nitrogens with zero attached hydrogens (tertiary/aromatic N) is 2. The molecule has 3 rings (SSSR count). The molecule has 10 heteroatoms. The molecule has 1 heterocycles. The van der Waals surface area contributed by atoms with Gasteiger partial charge in [-0.3, -0.25) is 4.57 Å². The summed E-state index contributed by atoms with van der Waals surface area (Å²) in [5, 5.41) is 3.27. The molecule has 0 spiro atoms. The SMILES string of the molecule is Cc1cn(-c2ccc(C(F)(F)F)cc2)/c(=N/C(=O)Nc2cc(Cl)cc(Cl)c2)s1. The molecule has 0 aliphatic carbocycles. The van der Waals surface area contributed by atoms with Crippen LogP contribution in [0.4, 0.5) is 23.7 Å². The van der Waals surface area contributed by atoms with Gasteiger partial charge in [-0.1, -0.05) is 23.2 Å². The molecular formula is C18H12Cl2F3N3OS. The zero-order valence-corrected chi connectivity index (χ0v) is 16.5. The molecule has 146 valence electrons. The summed E-state index contributed by atoms with van der Waals surface area (Å²) in [6.45, 7) is 1.80. The van der Waals surface area contributed by atoms with Crippen molar-refractivity contribution in [2.45, 2.75) is 13.1 Å². The van der Waals surface area contributed by atoms with E-state index in [1.54, 1.807) is 17.7 Å². The first-order valence-electron chi connectivity index (χ1n) is 7.80. The first kappa shape index (κ1) is 20.4. The van der Waals surface area contributed by atoms with E-state index in [2.05, 4.69) is 10.3 Å². The highest BCUT2D eigenvalue weighted by molar-refractivity contribution is 7.09. The summed E-state index contributed by atoms with van der Waals surface area (Å²) in [5.74, 6) is 0. The van der Waals surface area contributed by atoms with Crippen molar-refractivity contribution in [1.29, 1.82) is 0 Å². The number of nitrogens with one attached hydrogen (secondary N) is 1. The van der Waals surface area contributed by atoms with Gasteiger partial charge in [0.2, 0.25) is 0 Å². The van der Waals surface area contributed by atoms with Crippen molar-refractivity contribution in [2.24, 2.45) is 4.99 Å². The fourth-order valence-corrected chi connectivity index (χ4v) is 3.75. The lowest BCUT2D eigenvalue weighted by Gasteiger charge is -2.08. The molecule has 2 amide bonds. The first-order chi connectivity index (χ1) is 13.1. The van der Waals surface area contributed by atoms with Crippen LogP contribution in [-0.2, 0) is 6.18 Å². The van der Waals surface area contributed by atoms with Crippen molar-refractivity contribution in [3.05, 3.63) is 73.9 Å². The van der Waals surface area contributed by atoms with Crippen LogP contribution < -0.4 is 10.1 Å². The van der Waals surface area contributed by atoms with E-state index in [4.69, 9.17) is 23.2 Å². The van der Waals surface area contributed by atoms with Crippen LogP contribution in [0.2, 0.25) is 10.0 Å². The number of carbonyl (C=O) groups excluding carboxylic acids is 1. The van der Waals surface area contributed by atoms with Crippen LogP contribution in [-0.4, -0.2) is 10.6 Å². The molecule has 2 aromatic carbocycles. The van der Waals surface area contributed by atoms with Crippen LogP contribution in [0.25, 0.3) is 5.69 Å². The van der Waals surface area contributed by atoms with E-state index in [1.807, 2.05) is 0 Å². The van der Waals surface area contributed by atoms with E-state index < -0.39 is 17.8 Å². The number of aromatic nitrogens is 1. The zero-order valence-electron chi connectivity index (χ0n) is 14.2. The Morgan fingerprint density at radius 2 is 1.71 bits per heavy atom. The van der Waals surface area contributed by atoms with E-state index in [9.17, 15) is 18.0 Å². The number of aryl methyl sites for hydroxylation is 1. The maximum atomic E-state index is 12.7. The monoisotopic (exact) mass is 445 g/mol. The number of hydrogen-bond acceptors (Lipinski definition) is 2. The summed E-state index contributed by atoms with van der Waals surface area (Å²) >= 11 is 13.0. The van der Waals surface area contributed by atoms with Crippen molar-refractivity contribution < 1.29 is 18.0 Å². The Labute approximate surface area is 171 Å². The van der Waals surface area contributed by atoms with Gasteiger partial charge < -0.3 is 5.32 Å². The van der Waals surface area contributed by atoms with Gasteiger partial charge in [0.05, 0.1) is 5.56 Å². The molecule has 0 bridgehead atoms. The Bertz CT molecular complexity index is 1070. The normalized spacial score (nSPS) is 12.3. The highest BCUT2D eigenvalue weighted by Gasteiger charge is 2.30. The van der Waals surface area contributed by atoms with Crippen LogP contribution >= 0.6 is 34.5 Å². The lowest BCUT2D eigenvalue weighted by Crippen LogP contribution is -2.17. The van der Waals surface area contributed by atoms with Crippen LogP contribution in [0.3, 0.4) is 0 Å². The molecule has 0 aliphatic rings. The molecule has 1 aromatic heterocycles. The number of rotatable bonds is 2. The van der Waals surface area contributed by atoms with E-state index >= 15 is 0 Å². The summed E-state index contributed by atoms with van der Waals surface area (Å²) < 4.78 is 39.8. The average Bonchev–Trinajstić information content (AvgIpc) is 2.93. The van der Waals surface area contributed by atoms with Crippen LogP contribution in [0.5, 0.6) is 0 Å². The predicted molar refractivity (Wildman–Crippen MR) is 104 cm³/mol. The van der Waals surface area contributed by atoms with Gasteiger partial charge in [0.1, 0.15) is 0 Å². The molecular weight excluding hydrogens is 434 g/mol. The second kappa shape index (κ2) is 7.98. The molecule has 28 heavy (non-hydrogen) atoms. The van der Waals surface area contributed by atoms with Gasteiger partial charge in [-0.15, -0.1) is 11.3 Å².